The highest BCUT2D eigenvalue weighted by Gasteiger charge is 2.30. The Labute approximate surface area is 160 Å². The Hall–Kier alpha value is -2.82. The van der Waals surface area contributed by atoms with Crippen molar-refractivity contribution >= 4 is 23.2 Å². The summed E-state index contributed by atoms with van der Waals surface area (Å²) in [6.45, 7) is 8.17. The fourth-order valence-corrected chi connectivity index (χ4v) is 3.37. The van der Waals surface area contributed by atoms with Crippen molar-refractivity contribution in [3.63, 3.8) is 0 Å². The molecule has 1 aliphatic heterocycles. The van der Waals surface area contributed by atoms with Crippen molar-refractivity contribution in [3.8, 4) is 0 Å². The van der Waals surface area contributed by atoms with Crippen molar-refractivity contribution in [3.05, 3.63) is 59.7 Å². The summed E-state index contributed by atoms with van der Waals surface area (Å²) in [5, 5.41) is 6.05. The van der Waals surface area contributed by atoms with Crippen LogP contribution in [0, 0.1) is 5.41 Å². The lowest BCUT2D eigenvalue weighted by atomic mass is 9.82. The summed E-state index contributed by atoms with van der Waals surface area (Å²) in [6.07, 6.45) is 0. The second-order valence-electron chi connectivity index (χ2n) is 8.19. The van der Waals surface area contributed by atoms with E-state index < -0.39 is 0 Å². The minimum absolute atomic E-state index is 0.0700. The monoisotopic (exact) mass is 365 g/mol. The molecule has 2 aromatic rings. The van der Waals surface area contributed by atoms with E-state index in [0.717, 1.165) is 11.3 Å². The third-order valence-electron chi connectivity index (χ3n) is 5.13. The molecule has 0 aliphatic carbocycles. The molecule has 3 rings (SSSR count). The van der Waals surface area contributed by atoms with Crippen molar-refractivity contribution in [1.82, 2.24) is 5.32 Å². The lowest BCUT2D eigenvalue weighted by molar-refractivity contribution is -0.117. The Morgan fingerprint density at radius 1 is 1.15 bits per heavy atom. The molecule has 2 unspecified atom stereocenters. The molecular formula is C22H27N3O2. The smallest absolute Gasteiger partial charge is 0.251 e. The molecule has 0 aromatic heterocycles. The first-order chi connectivity index (χ1) is 12.7. The highest BCUT2D eigenvalue weighted by molar-refractivity contribution is 6.05. The number of carbonyl (C=O) groups is 2. The maximum atomic E-state index is 13.0. The highest BCUT2D eigenvalue weighted by atomic mass is 16.2. The number of nitrogens with zero attached hydrogens (tertiary/aromatic N) is 1. The van der Waals surface area contributed by atoms with Crippen LogP contribution < -0.4 is 15.5 Å². The Morgan fingerprint density at radius 2 is 1.81 bits per heavy atom. The van der Waals surface area contributed by atoms with Gasteiger partial charge in [-0.3, -0.25) is 9.59 Å². The quantitative estimate of drug-likeness (QED) is 0.865. The third-order valence-corrected chi connectivity index (χ3v) is 5.13. The van der Waals surface area contributed by atoms with Crippen molar-refractivity contribution in [1.29, 1.82) is 0 Å². The van der Waals surface area contributed by atoms with Crippen LogP contribution in [-0.4, -0.2) is 24.9 Å². The van der Waals surface area contributed by atoms with E-state index >= 15 is 0 Å². The van der Waals surface area contributed by atoms with Gasteiger partial charge in [0.05, 0.1) is 17.4 Å². The number of hydrogen-bond acceptors (Lipinski definition) is 3. The molecule has 5 heteroatoms. The molecule has 27 heavy (non-hydrogen) atoms. The van der Waals surface area contributed by atoms with Crippen LogP contribution in [0.15, 0.2) is 48.5 Å². The number of benzene rings is 2. The maximum Gasteiger partial charge on any atom is 0.251 e. The summed E-state index contributed by atoms with van der Waals surface area (Å²) in [4.78, 5) is 27.0. The van der Waals surface area contributed by atoms with Crippen molar-refractivity contribution in [2.45, 2.75) is 39.8 Å². The summed E-state index contributed by atoms with van der Waals surface area (Å²) in [5.74, 6) is -0.225. The molecule has 0 saturated heterocycles. The lowest BCUT2D eigenvalue weighted by Gasteiger charge is -2.34. The molecule has 2 atom stereocenters. The summed E-state index contributed by atoms with van der Waals surface area (Å²) < 4.78 is 0. The Morgan fingerprint density at radius 3 is 2.44 bits per heavy atom. The van der Waals surface area contributed by atoms with E-state index in [1.54, 1.807) is 12.1 Å². The zero-order valence-electron chi connectivity index (χ0n) is 16.5. The molecule has 2 N–H and O–H groups in total. The van der Waals surface area contributed by atoms with Gasteiger partial charge in [0.1, 0.15) is 6.04 Å². The topological polar surface area (TPSA) is 61.4 Å². The van der Waals surface area contributed by atoms with Crippen LogP contribution in [0.25, 0.3) is 0 Å². The van der Waals surface area contributed by atoms with Gasteiger partial charge in [0.25, 0.3) is 5.91 Å². The predicted molar refractivity (Wildman–Crippen MR) is 109 cm³/mol. The first-order valence-corrected chi connectivity index (χ1v) is 9.22. The number of carbonyl (C=O) groups excluding carboxylic acids is 2. The van der Waals surface area contributed by atoms with Gasteiger partial charge in [-0.05, 0) is 36.1 Å². The number of anilines is 2. The van der Waals surface area contributed by atoms with Crippen LogP contribution in [0.3, 0.4) is 0 Å². The minimum atomic E-state index is -0.236. The van der Waals surface area contributed by atoms with Gasteiger partial charge in [-0.2, -0.15) is 0 Å². The van der Waals surface area contributed by atoms with Crippen LogP contribution in [0.4, 0.5) is 11.4 Å². The number of fused-ring (bicyclic) bond motifs is 1. The van der Waals surface area contributed by atoms with Gasteiger partial charge in [-0.15, -0.1) is 0 Å². The Bertz CT molecular complexity index is 856. The number of hydrogen-bond donors (Lipinski definition) is 2. The zero-order chi connectivity index (χ0) is 19.8. The van der Waals surface area contributed by atoms with Crippen LogP contribution >= 0.6 is 0 Å². The fourth-order valence-electron chi connectivity index (χ4n) is 3.37. The zero-order valence-corrected chi connectivity index (χ0v) is 16.5. The van der Waals surface area contributed by atoms with E-state index in [2.05, 4.69) is 31.4 Å². The van der Waals surface area contributed by atoms with Crippen LogP contribution in [0.2, 0.25) is 0 Å². The normalized spacial score (nSPS) is 17.7. The van der Waals surface area contributed by atoms with E-state index in [0.29, 0.717) is 11.3 Å². The van der Waals surface area contributed by atoms with E-state index in [-0.39, 0.29) is 29.3 Å². The number of nitrogens with one attached hydrogen (secondary N) is 2. The molecular weight excluding hydrogens is 338 g/mol. The average Bonchev–Trinajstić information content (AvgIpc) is 2.63. The maximum absolute atomic E-state index is 13.0. The van der Waals surface area contributed by atoms with Gasteiger partial charge < -0.3 is 15.5 Å². The minimum Gasteiger partial charge on any atom is -0.361 e. The summed E-state index contributed by atoms with van der Waals surface area (Å²) in [5.41, 5.74) is 3.03. The first kappa shape index (κ1) is 19.0. The van der Waals surface area contributed by atoms with E-state index in [1.165, 1.54) is 0 Å². The van der Waals surface area contributed by atoms with Gasteiger partial charge in [0, 0.05) is 12.6 Å². The van der Waals surface area contributed by atoms with Crippen LogP contribution in [0.5, 0.6) is 0 Å². The van der Waals surface area contributed by atoms with Crippen molar-refractivity contribution in [2.75, 3.05) is 17.3 Å². The second kappa shape index (κ2) is 7.06. The fraction of sp³-hybridized carbons (Fsp3) is 0.364. The summed E-state index contributed by atoms with van der Waals surface area (Å²) in [7, 11) is 1.88. The molecule has 0 fully saturated rings. The molecule has 0 spiro atoms. The molecule has 0 bridgehead atoms. The van der Waals surface area contributed by atoms with Gasteiger partial charge in [0.15, 0.2) is 0 Å². The Kier molecular flexibility index (Phi) is 4.96. The molecule has 2 amide bonds. The van der Waals surface area contributed by atoms with E-state index in [4.69, 9.17) is 0 Å². The SMILES string of the molecule is CC1C(=O)Nc2cc(C(=O)NC(c3ccccc3)C(C)(C)C)ccc2N1C. The average molecular weight is 365 g/mol. The molecule has 0 saturated carbocycles. The molecule has 5 nitrogen and oxygen atoms in total. The van der Waals surface area contributed by atoms with Crippen LogP contribution in [-0.2, 0) is 4.79 Å². The number of rotatable bonds is 3. The second-order valence-corrected chi connectivity index (χ2v) is 8.19. The summed E-state index contributed by atoms with van der Waals surface area (Å²) >= 11 is 0. The van der Waals surface area contributed by atoms with E-state index in [9.17, 15) is 9.59 Å². The van der Waals surface area contributed by atoms with Gasteiger partial charge in [-0.25, -0.2) is 0 Å². The largest absolute Gasteiger partial charge is 0.361 e. The van der Waals surface area contributed by atoms with Crippen molar-refractivity contribution in [2.24, 2.45) is 5.41 Å². The third kappa shape index (κ3) is 3.82. The van der Waals surface area contributed by atoms with E-state index in [1.807, 2.05) is 55.3 Å². The standard InChI is InChI=1S/C22H27N3O2/c1-14-20(26)23-17-13-16(11-12-18(17)25(14)5)21(27)24-19(22(2,3)4)15-9-7-6-8-10-15/h6-14,19H,1-5H3,(H,23,26)(H,24,27). The number of amides is 2. The molecule has 1 aliphatic rings. The predicted octanol–water partition coefficient (Wildman–Crippen LogP) is 3.98. The Balaban J connectivity index is 1.88. The van der Waals surface area contributed by atoms with Gasteiger partial charge >= 0.3 is 0 Å². The molecule has 142 valence electrons. The highest BCUT2D eigenvalue weighted by Crippen LogP contribution is 2.34. The summed E-state index contributed by atoms with van der Waals surface area (Å²) in [6, 6.07) is 15.1. The van der Waals surface area contributed by atoms with Gasteiger partial charge in [0.2, 0.25) is 5.91 Å². The van der Waals surface area contributed by atoms with Crippen LogP contribution in [0.1, 0.15) is 49.7 Å². The lowest BCUT2D eigenvalue weighted by Crippen LogP contribution is -2.44. The van der Waals surface area contributed by atoms with Crippen molar-refractivity contribution < 1.29 is 9.59 Å². The molecule has 1 heterocycles. The van der Waals surface area contributed by atoms with Gasteiger partial charge in [-0.1, -0.05) is 51.1 Å². The number of likely N-dealkylation sites (N-methyl/N-ethyl adjacent to an activating group) is 1. The first-order valence-electron chi connectivity index (χ1n) is 9.22. The molecule has 2 aromatic carbocycles. The molecule has 0 radical (unpaired) electrons.